The van der Waals surface area contributed by atoms with Crippen molar-refractivity contribution >= 4 is 11.6 Å². The van der Waals surface area contributed by atoms with Crippen molar-refractivity contribution in [2.24, 2.45) is 5.92 Å². The van der Waals surface area contributed by atoms with Crippen LogP contribution >= 0.6 is 11.6 Å². The van der Waals surface area contributed by atoms with Crippen LogP contribution in [0.3, 0.4) is 0 Å². The van der Waals surface area contributed by atoms with E-state index >= 15 is 0 Å². The van der Waals surface area contributed by atoms with Gasteiger partial charge in [0.05, 0.1) is 12.1 Å². The number of nitrogens with one attached hydrogen (secondary N) is 1. The molecule has 1 aromatic carbocycles. The molecule has 1 aliphatic heterocycles. The molecule has 1 heterocycles. The molecule has 0 radical (unpaired) electrons. The van der Waals surface area contributed by atoms with Gasteiger partial charge in [-0.1, -0.05) is 24.6 Å². The third-order valence-corrected chi connectivity index (χ3v) is 3.06. The fourth-order valence-corrected chi connectivity index (χ4v) is 2.06. The van der Waals surface area contributed by atoms with Crippen LogP contribution in [0.15, 0.2) is 18.2 Å². The Hall–Kier alpha value is -0.730. The van der Waals surface area contributed by atoms with E-state index in [1.165, 1.54) is 5.56 Å². The van der Waals surface area contributed by atoms with Gasteiger partial charge in [0.25, 0.3) is 0 Å². The topological polar surface area (TPSA) is 21.3 Å². The van der Waals surface area contributed by atoms with Crippen LogP contribution in [0.25, 0.3) is 0 Å². The summed E-state index contributed by atoms with van der Waals surface area (Å²) in [5.41, 5.74) is 1.24. The van der Waals surface area contributed by atoms with Crippen molar-refractivity contribution in [2.45, 2.75) is 13.0 Å². The van der Waals surface area contributed by atoms with Crippen molar-refractivity contribution < 1.29 is 4.74 Å². The summed E-state index contributed by atoms with van der Waals surface area (Å²) in [7, 11) is 1.63. The second-order valence-corrected chi connectivity index (χ2v) is 4.16. The smallest absolute Gasteiger partial charge is 0.137 e. The van der Waals surface area contributed by atoms with Gasteiger partial charge in [0, 0.05) is 12.6 Å². The molecule has 1 fully saturated rings. The first kappa shape index (κ1) is 9.81. The van der Waals surface area contributed by atoms with Gasteiger partial charge in [0.15, 0.2) is 0 Å². The fraction of sp³-hybridized carbons (Fsp3) is 0.455. The highest BCUT2D eigenvalue weighted by Gasteiger charge is 2.27. The van der Waals surface area contributed by atoms with Crippen molar-refractivity contribution in [3.05, 3.63) is 28.8 Å². The van der Waals surface area contributed by atoms with Crippen LogP contribution < -0.4 is 10.1 Å². The lowest BCUT2D eigenvalue weighted by Crippen LogP contribution is -2.43. The maximum absolute atomic E-state index is 6.05. The Balaban J connectivity index is 2.24. The van der Waals surface area contributed by atoms with Crippen LogP contribution in [0.4, 0.5) is 0 Å². The minimum atomic E-state index is 0.457. The normalized spacial score (nSPS) is 25.6. The summed E-state index contributed by atoms with van der Waals surface area (Å²) in [5, 5.41) is 4.06. The molecular formula is C11H14ClNO. The molecule has 0 aromatic heterocycles. The zero-order valence-electron chi connectivity index (χ0n) is 8.38. The average Bonchev–Trinajstić information content (AvgIpc) is 2.16. The zero-order chi connectivity index (χ0) is 10.1. The van der Waals surface area contributed by atoms with Crippen molar-refractivity contribution in [1.29, 1.82) is 0 Å². The maximum atomic E-state index is 6.05. The van der Waals surface area contributed by atoms with Gasteiger partial charge >= 0.3 is 0 Å². The van der Waals surface area contributed by atoms with E-state index in [0.717, 1.165) is 12.3 Å². The van der Waals surface area contributed by atoms with Gasteiger partial charge < -0.3 is 10.1 Å². The van der Waals surface area contributed by atoms with Crippen LogP contribution in [0, 0.1) is 5.92 Å². The Kier molecular flexibility index (Phi) is 2.66. The highest BCUT2D eigenvalue weighted by atomic mass is 35.5. The molecule has 76 valence electrons. The van der Waals surface area contributed by atoms with Gasteiger partial charge in [-0.05, 0) is 23.6 Å². The lowest BCUT2D eigenvalue weighted by molar-refractivity contribution is 0.258. The van der Waals surface area contributed by atoms with Gasteiger partial charge in [-0.25, -0.2) is 0 Å². The second-order valence-electron chi connectivity index (χ2n) is 3.76. The molecule has 2 nitrogen and oxygen atoms in total. The first-order valence-electron chi connectivity index (χ1n) is 4.79. The van der Waals surface area contributed by atoms with E-state index < -0.39 is 0 Å². The monoisotopic (exact) mass is 211 g/mol. The maximum Gasteiger partial charge on any atom is 0.137 e. The minimum Gasteiger partial charge on any atom is -0.495 e. The van der Waals surface area contributed by atoms with Crippen molar-refractivity contribution in [3.63, 3.8) is 0 Å². The molecule has 2 unspecified atom stereocenters. The Morgan fingerprint density at radius 1 is 1.50 bits per heavy atom. The molecular weight excluding hydrogens is 198 g/mol. The van der Waals surface area contributed by atoms with E-state index in [1.807, 2.05) is 12.1 Å². The Morgan fingerprint density at radius 3 is 2.71 bits per heavy atom. The number of methoxy groups -OCH3 is 1. The number of benzene rings is 1. The molecule has 1 N–H and O–H groups in total. The Labute approximate surface area is 89.2 Å². The molecule has 2 atom stereocenters. The molecule has 1 saturated heterocycles. The van der Waals surface area contributed by atoms with E-state index in [-0.39, 0.29) is 0 Å². The third kappa shape index (κ3) is 1.60. The van der Waals surface area contributed by atoms with Crippen LogP contribution in [0.5, 0.6) is 5.75 Å². The zero-order valence-corrected chi connectivity index (χ0v) is 9.14. The molecule has 1 aliphatic rings. The summed E-state index contributed by atoms with van der Waals surface area (Å²) in [6.45, 7) is 3.33. The van der Waals surface area contributed by atoms with Crippen LogP contribution in [0.1, 0.15) is 18.5 Å². The quantitative estimate of drug-likeness (QED) is 0.812. The molecule has 3 heteroatoms. The predicted molar refractivity (Wildman–Crippen MR) is 57.9 cm³/mol. The fourth-order valence-electron chi connectivity index (χ4n) is 1.79. The standard InChI is InChI=1S/C11H14ClNO/c1-7-6-13-11(7)8-3-4-10(14-2)9(12)5-8/h3-5,7,11,13H,6H2,1-2H3. The summed E-state index contributed by atoms with van der Waals surface area (Å²) < 4.78 is 5.11. The largest absolute Gasteiger partial charge is 0.495 e. The van der Waals surface area contributed by atoms with Gasteiger partial charge in [0.1, 0.15) is 5.75 Å². The number of rotatable bonds is 2. The summed E-state index contributed by atoms with van der Waals surface area (Å²) in [6.07, 6.45) is 0. The minimum absolute atomic E-state index is 0.457. The summed E-state index contributed by atoms with van der Waals surface area (Å²) in [5.74, 6) is 1.43. The van der Waals surface area contributed by atoms with Crippen molar-refractivity contribution in [3.8, 4) is 5.75 Å². The molecule has 14 heavy (non-hydrogen) atoms. The first-order chi connectivity index (χ1) is 6.72. The van der Waals surface area contributed by atoms with E-state index in [4.69, 9.17) is 16.3 Å². The summed E-state index contributed by atoms with van der Waals surface area (Å²) in [4.78, 5) is 0. The number of hydrogen-bond acceptors (Lipinski definition) is 2. The second kappa shape index (κ2) is 3.79. The van der Waals surface area contributed by atoms with Gasteiger partial charge in [-0.15, -0.1) is 0 Å². The lowest BCUT2D eigenvalue weighted by Gasteiger charge is -2.36. The van der Waals surface area contributed by atoms with E-state index in [1.54, 1.807) is 7.11 Å². The van der Waals surface area contributed by atoms with E-state index in [2.05, 4.69) is 18.3 Å². The molecule has 0 amide bonds. The summed E-state index contributed by atoms with van der Waals surface area (Å²) in [6, 6.07) is 6.43. The number of hydrogen-bond donors (Lipinski definition) is 1. The highest BCUT2D eigenvalue weighted by Crippen LogP contribution is 2.33. The molecule has 0 spiro atoms. The molecule has 0 bridgehead atoms. The van der Waals surface area contributed by atoms with Crippen molar-refractivity contribution in [1.82, 2.24) is 5.32 Å². The average molecular weight is 212 g/mol. The molecule has 2 rings (SSSR count). The third-order valence-electron chi connectivity index (χ3n) is 2.76. The van der Waals surface area contributed by atoms with Crippen LogP contribution in [-0.4, -0.2) is 13.7 Å². The Morgan fingerprint density at radius 2 is 2.29 bits per heavy atom. The van der Waals surface area contributed by atoms with Crippen molar-refractivity contribution in [2.75, 3.05) is 13.7 Å². The van der Waals surface area contributed by atoms with Crippen LogP contribution in [-0.2, 0) is 0 Å². The van der Waals surface area contributed by atoms with Crippen LogP contribution in [0.2, 0.25) is 5.02 Å². The number of ether oxygens (including phenoxy) is 1. The molecule has 0 aliphatic carbocycles. The highest BCUT2D eigenvalue weighted by molar-refractivity contribution is 6.32. The molecule has 1 aromatic rings. The Bertz CT molecular complexity index is 340. The SMILES string of the molecule is COc1ccc(C2NCC2C)cc1Cl. The first-order valence-corrected chi connectivity index (χ1v) is 5.17. The van der Waals surface area contributed by atoms with Gasteiger partial charge in [-0.2, -0.15) is 0 Å². The van der Waals surface area contributed by atoms with Gasteiger partial charge in [-0.3, -0.25) is 0 Å². The molecule has 0 saturated carbocycles. The van der Waals surface area contributed by atoms with E-state index in [0.29, 0.717) is 17.0 Å². The summed E-state index contributed by atoms with van der Waals surface area (Å²) >= 11 is 6.05. The van der Waals surface area contributed by atoms with E-state index in [9.17, 15) is 0 Å². The number of halogens is 1. The lowest BCUT2D eigenvalue weighted by atomic mass is 9.88. The predicted octanol–water partition coefficient (Wildman–Crippen LogP) is 2.63. The van der Waals surface area contributed by atoms with Gasteiger partial charge in [0.2, 0.25) is 0 Å².